The predicted molar refractivity (Wildman–Crippen MR) is 154 cm³/mol. The van der Waals surface area contributed by atoms with Gasteiger partial charge in [0, 0.05) is 49.8 Å². The van der Waals surface area contributed by atoms with Gasteiger partial charge in [-0.1, -0.05) is 6.08 Å². The fourth-order valence-electron chi connectivity index (χ4n) is 4.21. The number of nitrogens with zero attached hydrogens (tertiary/aromatic N) is 6. The van der Waals surface area contributed by atoms with Crippen LogP contribution in [0.3, 0.4) is 0 Å². The molecular weight excluding hydrogens is 539 g/mol. The van der Waals surface area contributed by atoms with Crippen molar-refractivity contribution in [1.82, 2.24) is 14.9 Å². The molecule has 200 valence electrons. The van der Waals surface area contributed by atoms with Crippen LogP contribution < -0.4 is 16.0 Å². The van der Waals surface area contributed by atoms with Crippen molar-refractivity contribution in [3.63, 3.8) is 0 Å². The quantitative estimate of drug-likeness (QED) is 0.493. The van der Waals surface area contributed by atoms with Gasteiger partial charge in [0.05, 0.1) is 29.2 Å². The highest BCUT2D eigenvalue weighted by Gasteiger charge is 2.33. The SMILES string of the molecule is C/C=C1\C(=NC(C)C)C(Br)=C(C)c2nc(NCC)nc(N3CCCN=C(/C(F)=C(\N)C(=O)N(C)C)C3)c21. The fraction of sp³-hybridized carbons (Fsp3) is 0.500. The number of allylic oxidation sites excluding steroid dienone is 4. The molecule has 3 N–H and O–H groups in total. The van der Waals surface area contributed by atoms with E-state index in [2.05, 4.69) is 26.2 Å². The number of nitrogens with one attached hydrogen (secondary N) is 1. The number of nitrogens with two attached hydrogens (primary N) is 1. The Labute approximate surface area is 226 Å². The molecule has 0 saturated heterocycles. The van der Waals surface area contributed by atoms with Crippen molar-refractivity contribution in [2.45, 2.75) is 47.1 Å². The first-order valence-corrected chi connectivity index (χ1v) is 13.2. The van der Waals surface area contributed by atoms with E-state index in [9.17, 15) is 4.79 Å². The Morgan fingerprint density at radius 1 is 1.35 bits per heavy atom. The third kappa shape index (κ3) is 5.92. The minimum Gasteiger partial charge on any atom is -0.392 e. The van der Waals surface area contributed by atoms with Gasteiger partial charge in [-0.05, 0) is 62.5 Å². The molecule has 37 heavy (non-hydrogen) atoms. The molecule has 1 aromatic rings. The van der Waals surface area contributed by atoms with E-state index in [1.807, 2.05) is 45.6 Å². The summed E-state index contributed by atoms with van der Waals surface area (Å²) in [6.45, 7) is 11.8. The minimum atomic E-state index is -0.799. The molecule has 0 saturated carbocycles. The summed E-state index contributed by atoms with van der Waals surface area (Å²) in [5.74, 6) is -0.254. The molecule has 0 bridgehead atoms. The number of likely N-dealkylation sites (N-methyl/N-ethyl adjacent to an activating group) is 1. The lowest BCUT2D eigenvalue weighted by atomic mass is 9.89. The Hall–Kier alpha value is -3.08. The normalized spacial score (nSPS) is 19.1. The molecule has 2 aliphatic rings. The molecule has 11 heteroatoms. The van der Waals surface area contributed by atoms with Crippen molar-refractivity contribution in [3.05, 3.63) is 33.3 Å². The third-order valence-corrected chi connectivity index (χ3v) is 6.94. The van der Waals surface area contributed by atoms with Gasteiger partial charge in [0.1, 0.15) is 11.5 Å². The van der Waals surface area contributed by atoms with Gasteiger partial charge in [-0.25, -0.2) is 9.37 Å². The lowest BCUT2D eigenvalue weighted by molar-refractivity contribution is -0.124. The van der Waals surface area contributed by atoms with Crippen molar-refractivity contribution in [2.24, 2.45) is 15.7 Å². The van der Waals surface area contributed by atoms with Crippen LogP contribution >= 0.6 is 15.9 Å². The molecule has 0 unspecified atom stereocenters. The Balaban J connectivity index is 2.22. The lowest BCUT2D eigenvalue weighted by Crippen LogP contribution is -2.35. The van der Waals surface area contributed by atoms with Crippen molar-refractivity contribution in [1.29, 1.82) is 0 Å². The van der Waals surface area contributed by atoms with Crippen molar-refractivity contribution < 1.29 is 9.18 Å². The monoisotopic (exact) mass is 574 g/mol. The average Bonchev–Trinajstić information content (AvgIpc) is 3.12. The summed E-state index contributed by atoms with van der Waals surface area (Å²) in [6, 6.07) is 0.0746. The highest BCUT2D eigenvalue weighted by Crippen LogP contribution is 2.43. The van der Waals surface area contributed by atoms with E-state index in [1.54, 1.807) is 0 Å². The molecule has 1 aromatic heterocycles. The molecule has 0 fully saturated rings. The number of aliphatic imine (C=N–C) groups is 2. The summed E-state index contributed by atoms with van der Waals surface area (Å²) in [4.78, 5) is 34.6. The number of hydrogen-bond acceptors (Lipinski definition) is 8. The molecule has 1 amide bonds. The lowest BCUT2D eigenvalue weighted by Gasteiger charge is -2.30. The Bertz CT molecular complexity index is 1230. The molecule has 0 radical (unpaired) electrons. The van der Waals surface area contributed by atoms with E-state index < -0.39 is 17.4 Å². The zero-order valence-electron chi connectivity index (χ0n) is 22.6. The molecule has 0 spiro atoms. The first kappa shape index (κ1) is 28.5. The highest BCUT2D eigenvalue weighted by molar-refractivity contribution is 9.12. The Morgan fingerprint density at radius 3 is 2.65 bits per heavy atom. The molecule has 0 atom stereocenters. The summed E-state index contributed by atoms with van der Waals surface area (Å²) < 4.78 is 16.3. The summed E-state index contributed by atoms with van der Waals surface area (Å²) >= 11 is 3.76. The number of anilines is 2. The van der Waals surface area contributed by atoms with E-state index in [4.69, 9.17) is 20.7 Å². The average molecular weight is 576 g/mol. The maximum absolute atomic E-state index is 15.4. The number of fused-ring (bicyclic) bond motifs is 1. The van der Waals surface area contributed by atoms with Crippen LogP contribution in [0, 0.1) is 0 Å². The number of carbonyl (C=O) groups is 1. The maximum Gasteiger partial charge on any atom is 0.272 e. The fourth-order valence-corrected chi connectivity index (χ4v) is 4.72. The molecule has 9 nitrogen and oxygen atoms in total. The van der Waals surface area contributed by atoms with Crippen LogP contribution in [0.5, 0.6) is 0 Å². The number of hydrogen-bond donors (Lipinski definition) is 2. The van der Waals surface area contributed by atoms with E-state index in [1.165, 1.54) is 19.0 Å². The van der Waals surface area contributed by atoms with Crippen molar-refractivity contribution in [3.8, 4) is 0 Å². The number of aromatic nitrogens is 2. The summed E-state index contributed by atoms with van der Waals surface area (Å²) in [5.41, 5.74) is 9.86. The third-order valence-electron chi connectivity index (χ3n) is 5.97. The molecule has 0 aromatic carbocycles. The van der Waals surface area contributed by atoms with Crippen LogP contribution in [0.1, 0.15) is 52.3 Å². The topological polar surface area (TPSA) is 112 Å². The second-order valence-corrected chi connectivity index (χ2v) is 10.2. The number of rotatable bonds is 6. The van der Waals surface area contributed by atoms with E-state index in [0.717, 1.165) is 32.6 Å². The van der Waals surface area contributed by atoms with Gasteiger partial charge in [-0.15, -0.1) is 0 Å². The number of amides is 1. The standard InChI is InChI=1S/C26H36BrFN8O/c1-8-16-18-22(15(5)19(27)23(16)32-14(3)4)33-26(30-9-2)34-24(18)36-12-10-11-31-17(13-36)20(28)21(29)25(37)35(6)7/h8,14H,9-13,29H2,1-7H3,(H,30,33,34)/b16-8-,21-20+,32-23?. The zero-order valence-corrected chi connectivity index (χ0v) is 24.2. The molecular formula is C26H36BrFN8O. The predicted octanol–water partition coefficient (Wildman–Crippen LogP) is 4.18. The smallest absolute Gasteiger partial charge is 0.272 e. The highest BCUT2D eigenvalue weighted by atomic mass is 79.9. The van der Waals surface area contributed by atoms with Gasteiger partial charge in [-0.2, -0.15) is 4.98 Å². The van der Waals surface area contributed by atoms with Crippen LogP contribution in [-0.2, 0) is 4.79 Å². The van der Waals surface area contributed by atoms with Crippen LogP contribution in [-0.4, -0.2) is 78.5 Å². The number of halogens is 2. The van der Waals surface area contributed by atoms with E-state index in [0.29, 0.717) is 37.8 Å². The Kier molecular flexibility index (Phi) is 9.22. The summed E-state index contributed by atoms with van der Waals surface area (Å²) in [7, 11) is 3.06. The van der Waals surface area contributed by atoms with Crippen molar-refractivity contribution >= 4 is 56.2 Å². The van der Waals surface area contributed by atoms with Gasteiger partial charge in [-0.3, -0.25) is 14.8 Å². The van der Waals surface area contributed by atoms with Crippen LogP contribution in [0.4, 0.5) is 16.2 Å². The Morgan fingerprint density at radius 2 is 2.05 bits per heavy atom. The zero-order chi connectivity index (χ0) is 27.4. The van der Waals surface area contributed by atoms with Gasteiger partial charge in [0.15, 0.2) is 5.83 Å². The first-order chi connectivity index (χ1) is 17.5. The second kappa shape index (κ2) is 12.0. The molecule has 2 heterocycles. The van der Waals surface area contributed by atoms with Crippen LogP contribution in [0.25, 0.3) is 11.1 Å². The maximum atomic E-state index is 15.4. The second-order valence-electron chi connectivity index (χ2n) is 9.37. The van der Waals surface area contributed by atoms with E-state index in [-0.39, 0.29) is 18.3 Å². The van der Waals surface area contributed by atoms with Gasteiger partial charge < -0.3 is 20.9 Å². The van der Waals surface area contributed by atoms with Crippen molar-refractivity contribution in [2.75, 3.05) is 50.5 Å². The minimum absolute atomic E-state index is 0.0746. The molecule has 1 aliphatic heterocycles. The van der Waals surface area contributed by atoms with Crippen LogP contribution in [0.2, 0.25) is 0 Å². The van der Waals surface area contributed by atoms with E-state index >= 15 is 4.39 Å². The summed E-state index contributed by atoms with van der Waals surface area (Å²) in [6.07, 6.45) is 2.69. The first-order valence-electron chi connectivity index (χ1n) is 12.4. The molecule has 3 rings (SSSR count). The van der Waals surface area contributed by atoms with Gasteiger partial charge in [0.2, 0.25) is 5.95 Å². The van der Waals surface area contributed by atoms with Gasteiger partial charge in [0.25, 0.3) is 5.91 Å². The number of carbonyl (C=O) groups excluding carboxylic acids is 1. The van der Waals surface area contributed by atoms with Crippen LogP contribution in [0.15, 0.2) is 32.1 Å². The molecule has 1 aliphatic carbocycles. The largest absolute Gasteiger partial charge is 0.392 e. The van der Waals surface area contributed by atoms with Gasteiger partial charge >= 0.3 is 0 Å². The summed E-state index contributed by atoms with van der Waals surface area (Å²) in [5, 5.41) is 3.22.